The van der Waals surface area contributed by atoms with E-state index in [0.717, 1.165) is 6.07 Å². The van der Waals surface area contributed by atoms with Crippen LogP contribution in [0.15, 0.2) is 18.2 Å². The van der Waals surface area contributed by atoms with Crippen LogP contribution in [0.5, 0.6) is 0 Å². The highest BCUT2D eigenvalue weighted by Crippen LogP contribution is 2.06. The third-order valence-electron chi connectivity index (χ3n) is 1.13. The van der Waals surface area contributed by atoms with Gasteiger partial charge in [-0.3, -0.25) is 4.39 Å². The fourth-order valence-corrected chi connectivity index (χ4v) is 0.567. The second kappa shape index (κ2) is 4.77. The van der Waals surface area contributed by atoms with Crippen molar-refractivity contribution in [1.82, 2.24) is 0 Å². The molecule has 1 rings (SSSR count). The van der Waals surface area contributed by atoms with Crippen LogP contribution in [-0.2, 0) is 0 Å². The van der Waals surface area contributed by atoms with Crippen molar-refractivity contribution in [3.63, 3.8) is 0 Å². The second-order valence-corrected chi connectivity index (χ2v) is 1.89. The van der Waals surface area contributed by atoms with Gasteiger partial charge in [0.1, 0.15) is 11.6 Å². The number of aryl methyl sites for hydroxylation is 1. The van der Waals surface area contributed by atoms with E-state index in [2.05, 4.69) is 0 Å². The fraction of sp³-hybridized carbons (Fsp3) is 0.250. The molecule has 11 heavy (non-hydrogen) atoms. The van der Waals surface area contributed by atoms with Crippen LogP contribution in [0.2, 0.25) is 0 Å². The highest BCUT2D eigenvalue weighted by molar-refractivity contribution is 5.16. The van der Waals surface area contributed by atoms with Gasteiger partial charge < -0.3 is 0 Å². The lowest BCUT2D eigenvalue weighted by atomic mass is 10.2. The lowest BCUT2D eigenvalue weighted by Gasteiger charge is -1.92. The number of benzene rings is 1. The van der Waals surface area contributed by atoms with Crippen molar-refractivity contribution >= 4 is 0 Å². The molecule has 1 aromatic rings. The van der Waals surface area contributed by atoms with Crippen LogP contribution >= 0.6 is 0 Å². The summed E-state index contributed by atoms with van der Waals surface area (Å²) in [5, 5.41) is 0. The van der Waals surface area contributed by atoms with Gasteiger partial charge in [0.05, 0.1) is 7.18 Å². The molecule has 0 saturated carbocycles. The Morgan fingerprint density at radius 3 is 2.00 bits per heavy atom. The summed E-state index contributed by atoms with van der Waals surface area (Å²) < 4.78 is 33.9. The first kappa shape index (κ1) is 10.0. The molecule has 0 N–H and O–H groups in total. The molecule has 0 amide bonds. The van der Waals surface area contributed by atoms with Crippen LogP contribution in [0.25, 0.3) is 0 Å². The molecule has 0 atom stereocenters. The van der Waals surface area contributed by atoms with Gasteiger partial charge in [-0.2, -0.15) is 0 Å². The lowest BCUT2D eigenvalue weighted by Crippen LogP contribution is -1.81. The molecular formula is C8H9F3. The van der Waals surface area contributed by atoms with E-state index in [9.17, 15) is 13.2 Å². The van der Waals surface area contributed by atoms with Crippen LogP contribution in [0, 0.1) is 18.6 Å². The van der Waals surface area contributed by atoms with Gasteiger partial charge in [0.15, 0.2) is 0 Å². The summed E-state index contributed by atoms with van der Waals surface area (Å²) in [7, 11) is 0.500. The van der Waals surface area contributed by atoms with Gasteiger partial charge in [0.2, 0.25) is 0 Å². The van der Waals surface area contributed by atoms with Crippen molar-refractivity contribution in [2.24, 2.45) is 0 Å². The van der Waals surface area contributed by atoms with Gasteiger partial charge in [0, 0.05) is 6.07 Å². The molecule has 0 spiro atoms. The molecule has 0 unspecified atom stereocenters. The maximum Gasteiger partial charge on any atom is 0.129 e. The third kappa shape index (κ3) is 3.07. The zero-order valence-electron chi connectivity index (χ0n) is 6.37. The van der Waals surface area contributed by atoms with Gasteiger partial charge in [0.25, 0.3) is 0 Å². The Labute approximate surface area is 63.7 Å². The summed E-state index contributed by atoms with van der Waals surface area (Å²) in [5.74, 6) is -1.02. The maximum absolute atomic E-state index is 12.3. The SMILES string of the molecule is CF.Cc1ccc(F)cc1F. The summed E-state index contributed by atoms with van der Waals surface area (Å²) in [6.07, 6.45) is 0. The third-order valence-corrected chi connectivity index (χ3v) is 1.13. The first-order chi connectivity index (χ1) is 5.20. The number of alkyl halides is 1. The van der Waals surface area contributed by atoms with Crippen LogP contribution in [0.3, 0.4) is 0 Å². The quantitative estimate of drug-likeness (QED) is 0.550. The number of halogens is 3. The number of hydrogen-bond acceptors (Lipinski definition) is 0. The van der Waals surface area contributed by atoms with E-state index in [1.54, 1.807) is 6.92 Å². The van der Waals surface area contributed by atoms with Crippen molar-refractivity contribution in [2.45, 2.75) is 6.92 Å². The van der Waals surface area contributed by atoms with E-state index < -0.39 is 11.6 Å². The molecule has 0 fully saturated rings. The monoisotopic (exact) mass is 162 g/mol. The Balaban J connectivity index is 0.000000461. The Hall–Kier alpha value is -0.990. The van der Waals surface area contributed by atoms with E-state index >= 15 is 0 Å². The molecule has 0 heterocycles. The summed E-state index contributed by atoms with van der Waals surface area (Å²) in [4.78, 5) is 0. The molecule has 0 saturated heterocycles. The van der Waals surface area contributed by atoms with Crippen molar-refractivity contribution in [3.05, 3.63) is 35.4 Å². The minimum absolute atomic E-state index is 0.469. The predicted molar refractivity (Wildman–Crippen MR) is 38.1 cm³/mol. The largest absolute Gasteiger partial charge is 0.255 e. The zero-order chi connectivity index (χ0) is 8.85. The minimum atomic E-state index is -0.530. The van der Waals surface area contributed by atoms with Crippen LogP contribution in [0.4, 0.5) is 13.2 Å². The molecule has 0 aliphatic heterocycles. The van der Waals surface area contributed by atoms with Gasteiger partial charge in [-0.15, -0.1) is 0 Å². The summed E-state index contributed by atoms with van der Waals surface area (Å²) in [5.41, 5.74) is 0.469. The number of rotatable bonds is 0. The van der Waals surface area contributed by atoms with E-state index in [0.29, 0.717) is 12.7 Å². The van der Waals surface area contributed by atoms with E-state index in [1.165, 1.54) is 12.1 Å². The van der Waals surface area contributed by atoms with Crippen molar-refractivity contribution < 1.29 is 13.2 Å². The molecule has 62 valence electrons. The highest BCUT2D eigenvalue weighted by Gasteiger charge is 1.95. The van der Waals surface area contributed by atoms with Crippen molar-refractivity contribution in [2.75, 3.05) is 7.18 Å². The average molecular weight is 162 g/mol. The second-order valence-electron chi connectivity index (χ2n) is 1.89. The molecule has 0 aromatic heterocycles. The van der Waals surface area contributed by atoms with Crippen LogP contribution in [0.1, 0.15) is 5.56 Å². The Bertz CT molecular complexity index is 221. The molecule has 0 nitrogen and oxygen atoms in total. The van der Waals surface area contributed by atoms with Crippen molar-refractivity contribution in [3.8, 4) is 0 Å². The lowest BCUT2D eigenvalue weighted by molar-refractivity contribution is 0.577. The predicted octanol–water partition coefficient (Wildman–Crippen LogP) is 2.86. The Morgan fingerprint density at radius 2 is 1.64 bits per heavy atom. The normalized spacial score (nSPS) is 8.45. The molecule has 1 aromatic carbocycles. The highest BCUT2D eigenvalue weighted by atomic mass is 19.1. The molecule has 3 heteroatoms. The summed E-state index contributed by atoms with van der Waals surface area (Å²) in [6.45, 7) is 1.59. The van der Waals surface area contributed by atoms with Crippen molar-refractivity contribution in [1.29, 1.82) is 0 Å². The number of hydrogen-bond donors (Lipinski definition) is 0. The standard InChI is InChI=1S/C7H6F2.CH3F/c1-5-2-3-6(8)4-7(5)9;1-2/h2-4H,1H3;1H3. The minimum Gasteiger partial charge on any atom is -0.255 e. The fourth-order valence-electron chi connectivity index (χ4n) is 0.567. The van der Waals surface area contributed by atoms with E-state index in [1.807, 2.05) is 0 Å². The molecule has 0 aliphatic carbocycles. The zero-order valence-corrected chi connectivity index (χ0v) is 6.37. The first-order valence-electron chi connectivity index (χ1n) is 2.99. The molecule has 0 aliphatic rings. The molecule has 0 bridgehead atoms. The molecule has 0 radical (unpaired) electrons. The Kier molecular flexibility index (Phi) is 4.34. The average Bonchev–Trinajstić information content (AvgIpc) is 2.02. The maximum atomic E-state index is 12.3. The topological polar surface area (TPSA) is 0 Å². The van der Waals surface area contributed by atoms with Crippen LogP contribution in [-0.4, -0.2) is 7.18 Å². The summed E-state index contributed by atoms with van der Waals surface area (Å²) >= 11 is 0. The smallest absolute Gasteiger partial charge is 0.129 e. The van der Waals surface area contributed by atoms with Gasteiger partial charge in [-0.1, -0.05) is 6.07 Å². The van der Waals surface area contributed by atoms with Gasteiger partial charge >= 0.3 is 0 Å². The summed E-state index contributed by atoms with van der Waals surface area (Å²) in [6, 6.07) is 3.51. The van der Waals surface area contributed by atoms with E-state index in [-0.39, 0.29) is 0 Å². The van der Waals surface area contributed by atoms with Gasteiger partial charge in [-0.25, -0.2) is 8.78 Å². The Morgan fingerprint density at radius 1 is 1.09 bits per heavy atom. The van der Waals surface area contributed by atoms with Crippen LogP contribution < -0.4 is 0 Å². The van der Waals surface area contributed by atoms with E-state index in [4.69, 9.17) is 0 Å². The van der Waals surface area contributed by atoms with Gasteiger partial charge in [-0.05, 0) is 18.6 Å². The molecular weight excluding hydrogens is 153 g/mol. The first-order valence-corrected chi connectivity index (χ1v) is 2.99.